The SMILES string of the molecule is Cc1cccc(C(O)CN=C(N)N2CCN(c3ccc(F)cc3)CC2)c1.I. The number of halogens is 2. The van der Waals surface area contributed by atoms with E-state index in [-0.39, 0.29) is 36.3 Å². The largest absolute Gasteiger partial charge is 0.386 e. The summed E-state index contributed by atoms with van der Waals surface area (Å²) in [5.41, 5.74) is 9.07. The molecular weight excluding hydrogens is 458 g/mol. The molecule has 1 aliphatic heterocycles. The molecule has 1 fully saturated rings. The van der Waals surface area contributed by atoms with Crippen LogP contribution in [0.3, 0.4) is 0 Å². The summed E-state index contributed by atoms with van der Waals surface area (Å²) in [5.74, 6) is 0.228. The summed E-state index contributed by atoms with van der Waals surface area (Å²) in [4.78, 5) is 8.58. The molecule has 0 aromatic heterocycles. The summed E-state index contributed by atoms with van der Waals surface area (Å²) in [6.07, 6.45) is -0.658. The van der Waals surface area contributed by atoms with Gasteiger partial charge in [0.05, 0.1) is 12.6 Å². The lowest BCUT2D eigenvalue weighted by molar-refractivity contribution is 0.186. The highest BCUT2D eigenvalue weighted by Gasteiger charge is 2.19. The van der Waals surface area contributed by atoms with Gasteiger partial charge in [0.25, 0.3) is 0 Å². The number of benzene rings is 2. The molecule has 1 unspecified atom stereocenters. The van der Waals surface area contributed by atoms with Crippen LogP contribution < -0.4 is 10.6 Å². The van der Waals surface area contributed by atoms with Crippen molar-refractivity contribution >= 4 is 35.6 Å². The number of guanidine groups is 1. The quantitative estimate of drug-likeness (QED) is 0.398. The van der Waals surface area contributed by atoms with E-state index in [1.807, 2.05) is 36.1 Å². The van der Waals surface area contributed by atoms with Gasteiger partial charge in [0, 0.05) is 31.9 Å². The van der Waals surface area contributed by atoms with Crippen molar-refractivity contribution in [3.63, 3.8) is 0 Å². The molecule has 0 aliphatic carbocycles. The average molecular weight is 484 g/mol. The topological polar surface area (TPSA) is 65.1 Å². The maximum absolute atomic E-state index is 13.0. The Kier molecular flexibility index (Phi) is 7.85. The maximum atomic E-state index is 13.0. The molecule has 7 heteroatoms. The van der Waals surface area contributed by atoms with Gasteiger partial charge in [-0.25, -0.2) is 4.39 Å². The van der Waals surface area contributed by atoms with Gasteiger partial charge in [0.15, 0.2) is 5.96 Å². The van der Waals surface area contributed by atoms with Gasteiger partial charge in [-0.05, 0) is 36.8 Å². The van der Waals surface area contributed by atoms with Gasteiger partial charge >= 0.3 is 0 Å². The van der Waals surface area contributed by atoms with E-state index in [9.17, 15) is 9.50 Å². The Morgan fingerprint density at radius 1 is 1.15 bits per heavy atom. The molecule has 3 N–H and O–H groups in total. The van der Waals surface area contributed by atoms with Gasteiger partial charge < -0.3 is 20.6 Å². The van der Waals surface area contributed by atoms with Gasteiger partial charge in [-0.1, -0.05) is 29.8 Å². The molecule has 1 saturated heterocycles. The first kappa shape index (κ1) is 21.4. The number of aliphatic imine (C=N–C) groups is 1. The van der Waals surface area contributed by atoms with E-state index in [2.05, 4.69) is 9.89 Å². The number of aliphatic hydroxyl groups excluding tert-OH is 1. The van der Waals surface area contributed by atoms with Gasteiger partial charge in [0.1, 0.15) is 5.82 Å². The minimum absolute atomic E-state index is 0. The Morgan fingerprint density at radius 2 is 1.81 bits per heavy atom. The van der Waals surface area contributed by atoms with Crippen LogP contribution in [0.1, 0.15) is 17.2 Å². The Bertz CT molecular complexity index is 761. The van der Waals surface area contributed by atoms with E-state index >= 15 is 0 Å². The predicted molar refractivity (Wildman–Crippen MR) is 118 cm³/mol. The zero-order chi connectivity index (χ0) is 18.5. The van der Waals surface area contributed by atoms with Crippen molar-refractivity contribution in [3.8, 4) is 0 Å². The van der Waals surface area contributed by atoms with Crippen molar-refractivity contribution in [2.24, 2.45) is 10.7 Å². The molecule has 0 saturated carbocycles. The molecule has 2 aromatic carbocycles. The van der Waals surface area contributed by atoms with Gasteiger partial charge in [-0.2, -0.15) is 0 Å². The summed E-state index contributed by atoms with van der Waals surface area (Å²) < 4.78 is 13.0. The van der Waals surface area contributed by atoms with Gasteiger partial charge in [-0.3, -0.25) is 4.99 Å². The molecule has 0 bridgehead atoms. The van der Waals surface area contributed by atoms with Crippen molar-refractivity contribution < 1.29 is 9.50 Å². The number of rotatable bonds is 4. The molecule has 1 heterocycles. The number of piperazine rings is 1. The van der Waals surface area contributed by atoms with Crippen molar-refractivity contribution in [1.29, 1.82) is 0 Å². The van der Waals surface area contributed by atoms with Crippen molar-refractivity contribution in [3.05, 3.63) is 65.5 Å². The molecule has 0 radical (unpaired) electrons. The molecule has 3 rings (SSSR count). The zero-order valence-corrected chi connectivity index (χ0v) is 17.7. The molecule has 5 nitrogen and oxygen atoms in total. The van der Waals surface area contributed by atoms with Crippen molar-refractivity contribution in [2.45, 2.75) is 13.0 Å². The fourth-order valence-electron chi connectivity index (χ4n) is 3.11. The van der Waals surface area contributed by atoms with Crippen LogP contribution in [-0.2, 0) is 0 Å². The molecule has 27 heavy (non-hydrogen) atoms. The summed E-state index contributed by atoms with van der Waals surface area (Å²) in [6, 6.07) is 14.3. The molecular formula is C20H26FIN4O. The van der Waals surface area contributed by atoms with Crippen LogP contribution in [-0.4, -0.2) is 48.7 Å². The van der Waals surface area contributed by atoms with Crippen LogP contribution >= 0.6 is 24.0 Å². The highest BCUT2D eigenvalue weighted by atomic mass is 127. The first-order valence-corrected chi connectivity index (χ1v) is 8.83. The van der Waals surface area contributed by atoms with Gasteiger partial charge in [-0.15, -0.1) is 24.0 Å². The van der Waals surface area contributed by atoms with Crippen LogP contribution in [0.4, 0.5) is 10.1 Å². The first-order valence-electron chi connectivity index (χ1n) is 8.83. The monoisotopic (exact) mass is 484 g/mol. The standard InChI is InChI=1S/C20H25FN4O.HI/c1-15-3-2-4-16(13-15)19(26)14-23-20(22)25-11-9-24(10-12-25)18-7-5-17(21)6-8-18;/h2-8,13,19,26H,9-12,14H2,1H3,(H2,22,23);1H. The van der Waals surface area contributed by atoms with Crippen molar-refractivity contribution in [1.82, 2.24) is 4.90 Å². The fourth-order valence-corrected chi connectivity index (χ4v) is 3.11. The smallest absolute Gasteiger partial charge is 0.191 e. The van der Waals surface area contributed by atoms with E-state index in [0.29, 0.717) is 5.96 Å². The number of nitrogens with two attached hydrogens (primary N) is 1. The Hall–Kier alpha value is -1.87. The number of anilines is 1. The molecule has 0 spiro atoms. The average Bonchev–Trinajstić information content (AvgIpc) is 2.66. The van der Waals surface area contributed by atoms with E-state index in [0.717, 1.165) is 43.0 Å². The van der Waals surface area contributed by atoms with Crippen LogP contribution in [0.15, 0.2) is 53.5 Å². The van der Waals surface area contributed by atoms with Crippen LogP contribution in [0.5, 0.6) is 0 Å². The van der Waals surface area contributed by atoms with E-state index in [4.69, 9.17) is 5.73 Å². The summed E-state index contributed by atoms with van der Waals surface area (Å²) in [6.45, 7) is 5.31. The second-order valence-electron chi connectivity index (χ2n) is 6.58. The second kappa shape index (κ2) is 9.89. The Labute approximate surface area is 176 Å². The summed E-state index contributed by atoms with van der Waals surface area (Å²) in [5, 5.41) is 10.3. The molecule has 1 aliphatic rings. The number of hydrogen-bond acceptors (Lipinski definition) is 3. The van der Waals surface area contributed by atoms with Crippen LogP contribution in [0.25, 0.3) is 0 Å². The van der Waals surface area contributed by atoms with E-state index in [1.165, 1.54) is 12.1 Å². The van der Waals surface area contributed by atoms with Crippen LogP contribution in [0, 0.1) is 12.7 Å². The minimum atomic E-state index is -0.658. The number of aryl methyl sites for hydroxylation is 1. The molecule has 146 valence electrons. The minimum Gasteiger partial charge on any atom is -0.386 e. The molecule has 0 amide bonds. The molecule has 2 aromatic rings. The third kappa shape index (κ3) is 5.80. The number of hydrogen-bond donors (Lipinski definition) is 2. The second-order valence-corrected chi connectivity index (χ2v) is 6.58. The zero-order valence-electron chi connectivity index (χ0n) is 15.4. The Balaban J connectivity index is 0.00000261. The fraction of sp³-hybridized carbons (Fsp3) is 0.350. The van der Waals surface area contributed by atoms with Gasteiger partial charge in [0.2, 0.25) is 0 Å². The lowest BCUT2D eigenvalue weighted by Crippen LogP contribution is -2.51. The van der Waals surface area contributed by atoms with Crippen molar-refractivity contribution in [2.75, 3.05) is 37.6 Å². The third-order valence-corrected chi connectivity index (χ3v) is 4.65. The van der Waals surface area contributed by atoms with Crippen LogP contribution in [0.2, 0.25) is 0 Å². The number of nitrogens with zero attached hydrogens (tertiary/aromatic N) is 3. The highest BCUT2D eigenvalue weighted by Crippen LogP contribution is 2.17. The summed E-state index contributed by atoms with van der Waals surface area (Å²) >= 11 is 0. The maximum Gasteiger partial charge on any atom is 0.191 e. The lowest BCUT2D eigenvalue weighted by Gasteiger charge is -2.36. The third-order valence-electron chi connectivity index (χ3n) is 4.65. The predicted octanol–water partition coefficient (Wildman–Crippen LogP) is 2.92. The Morgan fingerprint density at radius 3 is 2.44 bits per heavy atom. The number of aliphatic hydroxyl groups is 1. The van der Waals surface area contributed by atoms with E-state index in [1.54, 1.807) is 12.1 Å². The summed E-state index contributed by atoms with van der Waals surface area (Å²) in [7, 11) is 0. The van der Waals surface area contributed by atoms with E-state index < -0.39 is 6.10 Å². The molecule has 1 atom stereocenters. The lowest BCUT2D eigenvalue weighted by atomic mass is 10.1. The highest BCUT2D eigenvalue weighted by molar-refractivity contribution is 14.0. The normalized spacial score (nSPS) is 16.0. The first-order chi connectivity index (χ1) is 12.5.